The molecule has 1 aromatic rings. The van der Waals surface area contributed by atoms with Gasteiger partial charge in [-0.25, -0.2) is 0 Å². The van der Waals surface area contributed by atoms with E-state index in [2.05, 4.69) is 23.5 Å². The van der Waals surface area contributed by atoms with Gasteiger partial charge in [0.25, 0.3) is 0 Å². The molecule has 1 aromatic carbocycles. The quantitative estimate of drug-likeness (QED) is 0.749. The van der Waals surface area contributed by atoms with Crippen LogP contribution in [0.5, 0.6) is 0 Å². The lowest BCUT2D eigenvalue weighted by Crippen LogP contribution is -2.18. The van der Waals surface area contributed by atoms with E-state index in [9.17, 15) is 0 Å². The summed E-state index contributed by atoms with van der Waals surface area (Å²) < 4.78 is 0. The first-order valence-electron chi connectivity index (χ1n) is 5.36. The molecule has 1 atom stereocenters. The van der Waals surface area contributed by atoms with E-state index in [1.807, 2.05) is 7.05 Å². The molecule has 2 rings (SSSR count). The highest BCUT2D eigenvalue weighted by molar-refractivity contribution is 5.49. The molecule has 76 valence electrons. The summed E-state index contributed by atoms with van der Waals surface area (Å²) >= 11 is 0. The van der Waals surface area contributed by atoms with Crippen molar-refractivity contribution in [2.24, 2.45) is 5.73 Å². The Bertz CT molecular complexity index is 320. The second kappa shape index (κ2) is 4.01. The van der Waals surface area contributed by atoms with Gasteiger partial charge in [-0.2, -0.15) is 0 Å². The van der Waals surface area contributed by atoms with E-state index in [0.717, 1.165) is 6.54 Å². The smallest absolute Gasteiger partial charge is 0.0340 e. The Labute approximate surface area is 85.5 Å². The fraction of sp³-hybridized carbons (Fsp3) is 0.500. The van der Waals surface area contributed by atoms with Gasteiger partial charge in [0.1, 0.15) is 0 Å². The van der Waals surface area contributed by atoms with Crippen LogP contribution in [0.4, 0.5) is 5.69 Å². The molecule has 2 heteroatoms. The lowest BCUT2D eigenvalue weighted by Gasteiger charge is -2.24. The summed E-state index contributed by atoms with van der Waals surface area (Å²) in [5.74, 6) is 0.588. The molecule has 0 amide bonds. The summed E-state index contributed by atoms with van der Waals surface area (Å²) in [5.41, 5.74) is 9.94. The summed E-state index contributed by atoms with van der Waals surface area (Å²) in [7, 11) is 1.96. The zero-order chi connectivity index (χ0) is 9.97. The van der Waals surface area contributed by atoms with Crippen molar-refractivity contribution in [3.05, 3.63) is 29.3 Å². The van der Waals surface area contributed by atoms with E-state index in [-0.39, 0.29) is 0 Å². The van der Waals surface area contributed by atoms with Gasteiger partial charge in [0.2, 0.25) is 0 Å². The van der Waals surface area contributed by atoms with E-state index >= 15 is 0 Å². The molecule has 2 nitrogen and oxygen atoms in total. The predicted octanol–water partition coefficient (Wildman–Crippen LogP) is 2.11. The van der Waals surface area contributed by atoms with Crippen LogP contribution in [-0.2, 0) is 6.42 Å². The van der Waals surface area contributed by atoms with Crippen molar-refractivity contribution in [3.63, 3.8) is 0 Å². The molecule has 1 aliphatic carbocycles. The maximum absolute atomic E-state index is 5.77. The molecular formula is C12H18N2. The van der Waals surface area contributed by atoms with Crippen LogP contribution in [0.1, 0.15) is 29.9 Å². The molecule has 0 aliphatic heterocycles. The number of fused-ring (bicyclic) bond motifs is 1. The largest absolute Gasteiger partial charge is 0.388 e. The maximum Gasteiger partial charge on any atom is 0.0340 e. The number of benzene rings is 1. The van der Waals surface area contributed by atoms with Crippen LogP contribution >= 0.6 is 0 Å². The minimum atomic E-state index is 0.588. The second-order valence-corrected chi connectivity index (χ2v) is 3.99. The molecular weight excluding hydrogens is 172 g/mol. The van der Waals surface area contributed by atoms with E-state index in [0.29, 0.717) is 5.92 Å². The third-order valence-electron chi connectivity index (χ3n) is 3.15. The number of nitrogens with two attached hydrogens (primary N) is 1. The molecule has 0 bridgehead atoms. The van der Waals surface area contributed by atoms with Gasteiger partial charge in [-0.3, -0.25) is 0 Å². The fourth-order valence-corrected chi connectivity index (χ4v) is 2.32. The Morgan fingerprint density at radius 3 is 3.07 bits per heavy atom. The summed E-state index contributed by atoms with van der Waals surface area (Å²) in [4.78, 5) is 0. The Balaban J connectivity index is 2.35. The van der Waals surface area contributed by atoms with Crippen LogP contribution in [0.15, 0.2) is 18.2 Å². The first kappa shape index (κ1) is 9.53. The fourth-order valence-electron chi connectivity index (χ4n) is 2.32. The summed E-state index contributed by atoms with van der Waals surface area (Å²) in [5, 5.41) is 3.18. The molecule has 0 spiro atoms. The minimum absolute atomic E-state index is 0.588. The van der Waals surface area contributed by atoms with Gasteiger partial charge >= 0.3 is 0 Å². The molecule has 0 radical (unpaired) electrons. The first-order chi connectivity index (χ1) is 6.85. The Morgan fingerprint density at radius 1 is 1.50 bits per heavy atom. The molecule has 0 saturated carbocycles. The van der Waals surface area contributed by atoms with E-state index in [1.165, 1.54) is 36.1 Å². The van der Waals surface area contributed by atoms with Crippen molar-refractivity contribution in [1.82, 2.24) is 0 Å². The average Bonchev–Trinajstić information content (AvgIpc) is 2.27. The molecule has 0 heterocycles. The number of hydrogen-bond acceptors (Lipinski definition) is 2. The number of rotatable bonds is 2. The third-order valence-corrected chi connectivity index (χ3v) is 3.15. The van der Waals surface area contributed by atoms with Gasteiger partial charge in [-0.15, -0.1) is 0 Å². The summed E-state index contributed by atoms with van der Waals surface area (Å²) in [6.07, 6.45) is 3.74. The highest BCUT2D eigenvalue weighted by atomic mass is 14.8. The van der Waals surface area contributed by atoms with E-state index in [1.54, 1.807) is 0 Å². The normalized spacial score (nSPS) is 20.3. The summed E-state index contributed by atoms with van der Waals surface area (Å²) in [6, 6.07) is 6.64. The zero-order valence-corrected chi connectivity index (χ0v) is 8.72. The highest BCUT2D eigenvalue weighted by Gasteiger charge is 2.18. The molecule has 0 saturated heterocycles. The van der Waals surface area contributed by atoms with Crippen LogP contribution in [-0.4, -0.2) is 13.6 Å². The van der Waals surface area contributed by atoms with Crippen LogP contribution in [0, 0.1) is 0 Å². The highest BCUT2D eigenvalue weighted by Crippen LogP contribution is 2.32. The molecule has 3 N–H and O–H groups in total. The number of aryl methyl sites for hydroxylation is 1. The van der Waals surface area contributed by atoms with Crippen molar-refractivity contribution < 1.29 is 0 Å². The van der Waals surface area contributed by atoms with Gasteiger partial charge in [0.15, 0.2) is 0 Å². The molecule has 14 heavy (non-hydrogen) atoms. The monoisotopic (exact) mass is 190 g/mol. The topological polar surface area (TPSA) is 38.0 Å². The standard InChI is InChI=1S/C12H18N2/c1-14-11-5-6-12-9(7-11)3-2-4-10(12)8-13/h5-7,10,14H,2-4,8,13H2,1H3/t10-/m0/s1. The second-order valence-electron chi connectivity index (χ2n) is 3.99. The third kappa shape index (κ3) is 1.62. The molecule has 0 unspecified atom stereocenters. The van der Waals surface area contributed by atoms with Gasteiger partial charge in [0.05, 0.1) is 0 Å². The maximum atomic E-state index is 5.77. The van der Waals surface area contributed by atoms with Crippen LogP contribution in [0.25, 0.3) is 0 Å². The Kier molecular flexibility index (Phi) is 2.73. The minimum Gasteiger partial charge on any atom is -0.388 e. The number of anilines is 1. The molecule has 0 fully saturated rings. The Hall–Kier alpha value is -1.02. The van der Waals surface area contributed by atoms with Crippen LogP contribution in [0.2, 0.25) is 0 Å². The van der Waals surface area contributed by atoms with Crippen molar-refractivity contribution in [1.29, 1.82) is 0 Å². The number of nitrogens with one attached hydrogen (secondary N) is 1. The van der Waals surface area contributed by atoms with Gasteiger partial charge in [-0.05, 0) is 55.0 Å². The van der Waals surface area contributed by atoms with Crippen LogP contribution < -0.4 is 11.1 Å². The van der Waals surface area contributed by atoms with Crippen molar-refractivity contribution in [3.8, 4) is 0 Å². The van der Waals surface area contributed by atoms with E-state index < -0.39 is 0 Å². The SMILES string of the molecule is CNc1ccc2c(c1)CCC[C@H]2CN. The zero-order valence-electron chi connectivity index (χ0n) is 8.72. The molecule has 0 aromatic heterocycles. The number of hydrogen-bond donors (Lipinski definition) is 2. The van der Waals surface area contributed by atoms with Crippen molar-refractivity contribution in [2.45, 2.75) is 25.2 Å². The average molecular weight is 190 g/mol. The van der Waals surface area contributed by atoms with Crippen molar-refractivity contribution >= 4 is 5.69 Å². The molecule has 1 aliphatic rings. The van der Waals surface area contributed by atoms with E-state index in [4.69, 9.17) is 5.73 Å². The van der Waals surface area contributed by atoms with Gasteiger partial charge in [-0.1, -0.05) is 6.07 Å². The van der Waals surface area contributed by atoms with Gasteiger partial charge < -0.3 is 11.1 Å². The van der Waals surface area contributed by atoms with Crippen molar-refractivity contribution in [2.75, 3.05) is 18.9 Å². The Morgan fingerprint density at radius 2 is 2.36 bits per heavy atom. The lowest BCUT2D eigenvalue weighted by molar-refractivity contribution is 0.561. The predicted molar refractivity (Wildman–Crippen MR) is 60.7 cm³/mol. The van der Waals surface area contributed by atoms with Gasteiger partial charge in [0, 0.05) is 12.7 Å². The van der Waals surface area contributed by atoms with Crippen LogP contribution in [0.3, 0.4) is 0 Å². The first-order valence-corrected chi connectivity index (χ1v) is 5.36. The summed E-state index contributed by atoms with van der Waals surface area (Å²) in [6.45, 7) is 0.784. The lowest BCUT2D eigenvalue weighted by atomic mass is 9.83.